The maximum Gasteiger partial charge on any atom is 0.261 e. The van der Waals surface area contributed by atoms with E-state index < -0.39 is 0 Å². The van der Waals surface area contributed by atoms with Crippen molar-refractivity contribution in [3.05, 3.63) is 59.4 Å². The van der Waals surface area contributed by atoms with Crippen LogP contribution >= 0.6 is 0 Å². The fourth-order valence-corrected chi connectivity index (χ4v) is 2.09. The normalized spacial score (nSPS) is 10.6. The lowest BCUT2D eigenvalue weighted by Crippen LogP contribution is -2.26. The summed E-state index contributed by atoms with van der Waals surface area (Å²) in [7, 11) is 1.56. The number of carbonyl (C=O) groups excluding carboxylic acids is 1. The third kappa shape index (κ3) is 6.08. The summed E-state index contributed by atoms with van der Waals surface area (Å²) in [6.07, 6.45) is 1.48. The largest absolute Gasteiger partial charge is 0.493 e. The van der Waals surface area contributed by atoms with Gasteiger partial charge in [0.05, 0.1) is 19.9 Å². The number of rotatable bonds is 9. The van der Waals surface area contributed by atoms with Crippen LogP contribution in [0.5, 0.6) is 11.5 Å². The highest BCUT2D eigenvalue weighted by atomic mass is 19.1. The van der Waals surface area contributed by atoms with Crippen molar-refractivity contribution in [1.29, 1.82) is 0 Å². The highest BCUT2D eigenvalue weighted by molar-refractivity contribution is 5.81. The molecule has 2 aromatic carbocycles. The van der Waals surface area contributed by atoms with E-state index in [9.17, 15) is 9.18 Å². The molecule has 0 saturated heterocycles. The molecule has 0 fully saturated rings. The fourth-order valence-electron chi connectivity index (χ4n) is 2.09. The van der Waals surface area contributed by atoms with Gasteiger partial charge in [0.25, 0.3) is 5.91 Å². The van der Waals surface area contributed by atoms with E-state index in [2.05, 4.69) is 10.5 Å². The number of carbonyl (C=O) groups is 1. The van der Waals surface area contributed by atoms with Crippen molar-refractivity contribution in [2.45, 2.75) is 13.5 Å². The molecule has 2 rings (SSSR count). The zero-order chi connectivity index (χ0) is 18.8. The highest BCUT2D eigenvalue weighted by Gasteiger charge is 2.05. The van der Waals surface area contributed by atoms with E-state index in [4.69, 9.17) is 14.3 Å². The van der Waals surface area contributed by atoms with Gasteiger partial charge in [0.1, 0.15) is 5.82 Å². The molecule has 0 aliphatic rings. The van der Waals surface area contributed by atoms with Crippen molar-refractivity contribution in [2.24, 2.45) is 5.16 Å². The van der Waals surface area contributed by atoms with Crippen molar-refractivity contribution < 1.29 is 23.5 Å². The molecule has 26 heavy (non-hydrogen) atoms. The van der Waals surface area contributed by atoms with E-state index in [1.54, 1.807) is 37.4 Å². The SMILES string of the molecule is CCOc1ccc(/C=N/OCC(=O)NCc2ccc(F)cc2)cc1OC. The molecule has 0 aliphatic carbocycles. The molecule has 138 valence electrons. The number of methoxy groups -OCH3 is 1. The molecule has 2 aromatic rings. The minimum atomic E-state index is -0.323. The minimum Gasteiger partial charge on any atom is -0.493 e. The summed E-state index contributed by atoms with van der Waals surface area (Å²) in [5.74, 6) is 0.598. The van der Waals surface area contributed by atoms with Gasteiger partial charge < -0.3 is 19.6 Å². The van der Waals surface area contributed by atoms with Gasteiger partial charge in [0.15, 0.2) is 18.1 Å². The number of benzene rings is 2. The van der Waals surface area contributed by atoms with Crippen LogP contribution in [-0.4, -0.2) is 32.4 Å². The van der Waals surface area contributed by atoms with Crippen LogP contribution in [0.3, 0.4) is 0 Å². The molecular formula is C19H21FN2O4. The zero-order valence-corrected chi connectivity index (χ0v) is 14.7. The molecule has 0 aromatic heterocycles. The Morgan fingerprint density at radius 1 is 1.19 bits per heavy atom. The Bertz CT molecular complexity index is 748. The van der Waals surface area contributed by atoms with Crippen molar-refractivity contribution in [2.75, 3.05) is 20.3 Å². The molecular weight excluding hydrogens is 339 g/mol. The summed E-state index contributed by atoms with van der Waals surface area (Å²) in [4.78, 5) is 16.7. The number of nitrogens with zero attached hydrogens (tertiary/aromatic N) is 1. The number of amides is 1. The summed E-state index contributed by atoms with van der Waals surface area (Å²) in [5.41, 5.74) is 1.54. The molecule has 0 atom stereocenters. The molecule has 0 spiro atoms. The molecule has 0 heterocycles. The standard InChI is InChI=1S/C19H21FN2O4/c1-3-25-17-9-6-15(10-18(17)24-2)12-22-26-13-19(23)21-11-14-4-7-16(20)8-5-14/h4-10,12H,3,11,13H2,1-2H3,(H,21,23)/b22-12+. The molecule has 1 N–H and O–H groups in total. The highest BCUT2D eigenvalue weighted by Crippen LogP contribution is 2.27. The molecule has 1 amide bonds. The third-order valence-corrected chi connectivity index (χ3v) is 3.36. The first-order chi connectivity index (χ1) is 12.6. The van der Waals surface area contributed by atoms with E-state index in [0.717, 1.165) is 11.1 Å². The monoisotopic (exact) mass is 360 g/mol. The quantitative estimate of drug-likeness (QED) is 0.551. The number of oxime groups is 1. The smallest absolute Gasteiger partial charge is 0.261 e. The summed E-state index contributed by atoms with van der Waals surface area (Å²) in [6.45, 7) is 2.51. The van der Waals surface area contributed by atoms with Crippen molar-refractivity contribution >= 4 is 12.1 Å². The molecule has 0 radical (unpaired) electrons. The lowest BCUT2D eigenvalue weighted by Gasteiger charge is -2.09. The van der Waals surface area contributed by atoms with Crippen LogP contribution in [0, 0.1) is 5.82 Å². The van der Waals surface area contributed by atoms with Crippen LogP contribution < -0.4 is 14.8 Å². The first-order valence-electron chi connectivity index (χ1n) is 8.09. The predicted molar refractivity (Wildman–Crippen MR) is 96.0 cm³/mol. The Morgan fingerprint density at radius 3 is 2.65 bits per heavy atom. The van der Waals surface area contributed by atoms with Crippen LogP contribution in [-0.2, 0) is 16.2 Å². The van der Waals surface area contributed by atoms with Gasteiger partial charge in [0.2, 0.25) is 0 Å². The van der Waals surface area contributed by atoms with E-state index in [1.165, 1.54) is 18.3 Å². The van der Waals surface area contributed by atoms with Crippen LogP contribution in [0.25, 0.3) is 0 Å². The second-order valence-electron chi connectivity index (χ2n) is 5.25. The van der Waals surface area contributed by atoms with Gasteiger partial charge in [-0.25, -0.2) is 4.39 Å². The zero-order valence-electron chi connectivity index (χ0n) is 14.7. The first kappa shape index (κ1) is 19.2. The van der Waals surface area contributed by atoms with Crippen molar-refractivity contribution in [3.8, 4) is 11.5 Å². The summed E-state index contributed by atoms with van der Waals surface area (Å²) in [6, 6.07) is 11.2. The van der Waals surface area contributed by atoms with Crippen LogP contribution in [0.1, 0.15) is 18.1 Å². The van der Waals surface area contributed by atoms with Gasteiger partial charge in [0, 0.05) is 12.1 Å². The lowest BCUT2D eigenvalue weighted by atomic mass is 10.2. The van der Waals surface area contributed by atoms with E-state index in [0.29, 0.717) is 24.7 Å². The van der Waals surface area contributed by atoms with Gasteiger partial charge in [-0.1, -0.05) is 17.3 Å². The van der Waals surface area contributed by atoms with Crippen molar-refractivity contribution in [1.82, 2.24) is 5.32 Å². The van der Waals surface area contributed by atoms with E-state index >= 15 is 0 Å². The van der Waals surface area contributed by atoms with Crippen LogP contribution in [0.4, 0.5) is 4.39 Å². The number of hydrogen-bond acceptors (Lipinski definition) is 5. The molecule has 0 aliphatic heterocycles. The molecule has 0 unspecified atom stereocenters. The van der Waals surface area contributed by atoms with Crippen LogP contribution in [0.2, 0.25) is 0 Å². The van der Waals surface area contributed by atoms with Gasteiger partial charge in [-0.15, -0.1) is 0 Å². The molecule has 7 heteroatoms. The maximum absolute atomic E-state index is 12.8. The van der Waals surface area contributed by atoms with Gasteiger partial charge >= 0.3 is 0 Å². The van der Waals surface area contributed by atoms with Crippen molar-refractivity contribution in [3.63, 3.8) is 0 Å². The third-order valence-electron chi connectivity index (χ3n) is 3.36. The maximum atomic E-state index is 12.8. The van der Waals surface area contributed by atoms with Gasteiger partial charge in [-0.05, 0) is 42.8 Å². The molecule has 0 saturated carbocycles. The number of nitrogens with one attached hydrogen (secondary N) is 1. The Kier molecular flexibility index (Phi) is 7.42. The van der Waals surface area contributed by atoms with Crippen LogP contribution in [0.15, 0.2) is 47.6 Å². The van der Waals surface area contributed by atoms with Gasteiger partial charge in [-0.3, -0.25) is 4.79 Å². The Hall–Kier alpha value is -3.09. The topological polar surface area (TPSA) is 69.2 Å². The predicted octanol–water partition coefficient (Wildman–Crippen LogP) is 2.90. The van der Waals surface area contributed by atoms with E-state index in [-0.39, 0.29) is 18.3 Å². The number of hydrogen-bond donors (Lipinski definition) is 1. The average Bonchev–Trinajstić information content (AvgIpc) is 2.66. The summed E-state index contributed by atoms with van der Waals surface area (Å²) >= 11 is 0. The second kappa shape index (κ2) is 10.0. The summed E-state index contributed by atoms with van der Waals surface area (Å²) in [5, 5.41) is 6.43. The Morgan fingerprint density at radius 2 is 1.96 bits per heavy atom. The Labute approximate surface area is 151 Å². The minimum absolute atomic E-state index is 0.216. The molecule has 6 nitrogen and oxygen atoms in total. The first-order valence-corrected chi connectivity index (χ1v) is 8.09. The fraction of sp³-hybridized carbons (Fsp3) is 0.263. The average molecular weight is 360 g/mol. The lowest BCUT2D eigenvalue weighted by molar-refractivity contribution is -0.125. The Balaban J connectivity index is 1.77. The van der Waals surface area contributed by atoms with Gasteiger partial charge in [-0.2, -0.15) is 0 Å². The number of ether oxygens (including phenoxy) is 2. The number of halogens is 1. The molecule has 0 bridgehead atoms. The van der Waals surface area contributed by atoms with E-state index in [1.807, 2.05) is 6.92 Å². The summed E-state index contributed by atoms with van der Waals surface area (Å²) < 4.78 is 23.5. The second-order valence-corrected chi connectivity index (χ2v) is 5.25.